The second-order valence-electron chi connectivity index (χ2n) is 4.96. The molecule has 0 aliphatic heterocycles. The van der Waals surface area contributed by atoms with Gasteiger partial charge in [0.15, 0.2) is 0 Å². The van der Waals surface area contributed by atoms with Gasteiger partial charge in [0.2, 0.25) is 15.9 Å². The van der Waals surface area contributed by atoms with Crippen molar-refractivity contribution in [3.63, 3.8) is 0 Å². The van der Waals surface area contributed by atoms with Crippen LogP contribution in [0.1, 0.15) is 11.3 Å². The summed E-state index contributed by atoms with van der Waals surface area (Å²) in [6.45, 7) is 1.81. The topological polar surface area (TPSA) is 79.6 Å². The number of nitrogens with one attached hydrogen (secondary N) is 1. The van der Waals surface area contributed by atoms with Gasteiger partial charge in [0.25, 0.3) is 0 Å². The van der Waals surface area contributed by atoms with Crippen LogP contribution in [0.5, 0.6) is 0 Å². The van der Waals surface area contributed by atoms with E-state index >= 15 is 0 Å². The Morgan fingerprint density at radius 3 is 2.64 bits per heavy atom. The van der Waals surface area contributed by atoms with Gasteiger partial charge in [-0.25, -0.2) is 8.42 Å². The van der Waals surface area contributed by atoms with Gasteiger partial charge in [-0.05, 0) is 36.8 Å². The fraction of sp³-hybridized carbons (Fsp3) is 0.267. The van der Waals surface area contributed by atoms with Crippen LogP contribution >= 0.6 is 0 Å². The highest BCUT2D eigenvalue weighted by atomic mass is 32.2. The molecule has 0 unspecified atom stereocenters. The number of amides is 1. The van der Waals surface area contributed by atoms with Gasteiger partial charge in [-0.2, -0.15) is 0 Å². The van der Waals surface area contributed by atoms with Crippen LogP contribution in [-0.2, 0) is 21.4 Å². The van der Waals surface area contributed by atoms with Crippen LogP contribution in [0.3, 0.4) is 0 Å². The standard InChI is InChI=1S/C15H18N2O4S/c1-12-5-3-6-13(9-12)17(22(2,19)20)11-15(18)16-10-14-7-4-8-21-14/h3-9H,10-11H2,1-2H3,(H,16,18). The highest BCUT2D eigenvalue weighted by Gasteiger charge is 2.20. The van der Waals surface area contributed by atoms with E-state index in [0.717, 1.165) is 16.1 Å². The number of carbonyl (C=O) groups excluding carboxylic acids is 1. The van der Waals surface area contributed by atoms with E-state index in [-0.39, 0.29) is 13.1 Å². The third-order valence-corrected chi connectivity index (χ3v) is 4.16. The molecule has 2 aromatic rings. The molecule has 1 heterocycles. The van der Waals surface area contributed by atoms with Crippen LogP contribution < -0.4 is 9.62 Å². The van der Waals surface area contributed by atoms with Gasteiger partial charge in [0.05, 0.1) is 24.8 Å². The summed E-state index contributed by atoms with van der Waals surface area (Å²) in [6, 6.07) is 10.4. The molecule has 0 radical (unpaired) electrons. The van der Waals surface area contributed by atoms with Crippen molar-refractivity contribution in [2.45, 2.75) is 13.5 Å². The zero-order chi connectivity index (χ0) is 16.2. The zero-order valence-electron chi connectivity index (χ0n) is 12.4. The number of aryl methyl sites for hydroxylation is 1. The van der Waals surface area contributed by atoms with E-state index in [1.165, 1.54) is 6.26 Å². The van der Waals surface area contributed by atoms with E-state index in [9.17, 15) is 13.2 Å². The van der Waals surface area contributed by atoms with E-state index in [2.05, 4.69) is 5.32 Å². The number of benzene rings is 1. The van der Waals surface area contributed by atoms with E-state index in [1.807, 2.05) is 13.0 Å². The Balaban J connectivity index is 2.09. The fourth-order valence-corrected chi connectivity index (χ4v) is 2.82. The van der Waals surface area contributed by atoms with Crippen molar-refractivity contribution in [1.29, 1.82) is 0 Å². The minimum Gasteiger partial charge on any atom is -0.467 e. The molecule has 6 nitrogen and oxygen atoms in total. The number of furan rings is 1. The molecular formula is C15H18N2O4S. The summed E-state index contributed by atoms with van der Waals surface area (Å²) < 4.78 is 30.1. The number of carbonyl (C=O) groups is 1. The Morgan fingerprint density at radius 1 is 1.27 bits per heavy atom. The monoisotopic (exact) mass is 322 g/mol. The summed E-state index contributed by atoms with van der Waals surface area (Å²) >= 11 is 0. The maximum atomic E-state index is 12.0. The first-order valence-corrected chi connectivity index (χ1v) is 8.54. The predicted molar refractivity (Wildman–Crippen MR) is 83.9 cm³/mol. The molecule has 0 aliphatic rings. The Bertz CT molecular complexity index is 739. The number of sulfonamides is 1. The maximum absolute atomic E-state index is 12.0. The lowest BCUT2D eigenvalue weighted by atomic mass is 10.2. The first-order chi connectivity index (χ1) is 10.4. The SMILES string of the molecule is Cc1cccc(N(CC(=O)NCc2ccco2)S(C)(=O)=O)c1. The third-order valence-electron chi connectivity index (χ3n) is 3.02. The first kappa shape index (κ1) is 16.1. The van der Waals surface area contributed by atoms with E-state index < -0.39 is 15.9 Å². The number of nitrogens with zero attached hydrogens (tertiary/aromatic N) is 1. The minimum absolute atomic E-state index is 0.219. The Labute approximate surface area is 129 Å². The fourth-order valence-electron chi connectivity index (χ4n) is 1.97. The van der Waals surface area contributed by atoms with E-state index in [4.69, 9.17) is 4.42 Å². The van der Waals surface area contributed by atoms with Crippen molar-refractivity contribution in [3.8, 4) is 0 Å². The Morgan fingerprint density at radius 2 is 2.05 bits per heavy atom. The molecule has 1 N–H and O–H groups in total. The summed E-state index contributed by atoms with van der Waals surface area (Å²) in [5, 5.41) is 2.63. The van der Waals surface area contributed by atoms with Crippen molar-refractivity contribution in [1.82, 2.24) is 5.32 Å². The largest absolute Gasteiger partial charge is 0.467 e. The number of hydrogen-bond acceptors (Lipinski definition) is 4. The van der Waals surface area contributed by atoms with Gasteiger partial charge in [-0.1, -0.05) is 12.1 Å². The Hall–Kier alpha value is -2.28. The predicted octanol–water partition coefficient (Wildman–Crippen LogP) is 1.67. The van der Waals surface area contributed by atoms with Crippen molar-refractivity contribution in [3.05, 3.63) is 54.0 Å². The van der Waals surface area contributed by atoms with Crippen LogP contribution in [0.4, 0.5) is 5.69 Å². The van der Waals surface area contributed by atoms with E-state index in [1.54, 1.807) is 30.3 Å². The molecular weight excluding hydrogens is 304 g/mol. The molecule has 0 atom stereocenters. The highest BCUT2D eigenvalue weighted by Crippen LogP contribution is 2.18. The summed E-state index contributed by atoms with van der Waals surface area (Å²) in [5.41, 5.74) is 1.39. The highest BCUT2D eigenvalue weighted by molar-refractivity contribution is 7.92. The number of hydrogen-bond donors (Lipinski definition) is 1. The zero-order valence-corrected chi connectivity index (χ0v) is 13.3. The molecule has 1 aromatic carbocycles. The summed E-state index contributed by atoms with van der Waals surface area (Å²) in [7, 11) is -3.55. The molecule has 0 saturated heterocycles. The van der Waals surface area contributed by atoms with Crippen molar-refractivity contribution in [2.75, 3.05) is 17.1 Å². The molecule has 0 saturated carbocycles. The molecule has 1 amide bonds. The second kappa shape index (κ2) is 6.65. The van der Waals surface area contributed by atoms with Gasteiger partial charge >= 0.3 is 0 Å². The van der Waals surface area contributed by atoms with E-state index in [0.29, 0.717) is 11.4 Å². The van der Waals surface area contributed by atoms with Gasteiger partial charge in [0, 0.05) is 0 Å². The maximum Gasteiger partial charge on any atom is 0.241 e. The second-order valence-corrected chi connectivity index (χ2v) is 6.87. The van der Waals surface area contributed by atoms with Crippen LogP contribution in [0.25, 0.3) is 0 Å². The van der Waals surface area contributed by atoms with Crippen LogP contribution in [0.15, 0.2) is 47.1 Å². The quantitative estimate of drug-likeness (QED) is 0.877. The van der Waals surface area contributed by atoms with Crippen LogP contribution in [0.2, 0.25) is 0 Å². The third kappa shape index (κ3) is 4.36. The summed E-state index contributed by atoms with van der Waals surface area (Å²) in [4.78, 5) is 12.0. The van der Waals surface area contributed by atoms with Crippen molar-refractivity contribution < 1.29 is 17.6 Å². The van der Waals surface area contributed by atoms with Crippen LogP contribution in [0, 0.1) is 6.92 Å². The summed E-state index contributed by atoms with van der Waals surface area (Å²) in [5.74, 6) is 0.207. The molecule has 1 aromatic heterocycles. The van der Waals surface area contributed by atoms with Crippen molar-refractivity contribution >= 4 is 21.6 Å². The number of rotatable bonds is 6. The minimum atomic E-state index is -3.55. The lowest BCUT2D eigenvalue weighted by molar-refractivity contribution is -0.119. The molecule has 0 spiro atoms. The van der Waals surface area contributed by atoms with Gasteiger partial charge in [0.1, 0.15) is 12.3 Å². The van der Waals surface area contributed by atoms with Crippen molar-refractivity contribution in [2.24, 2.45) is 0 Å². The first-order valence-electron chi connectivity index (χ1n) is 6.70. The molecule has 22 heavy (non-hydrogen) atoms. The molecule has 0 fully saturated rings. The lowest BCUT2D eigenvalue weighted by Gasteiger charge is -2.22. The van der Waals surface area contributed by atoms with Gasteiger partial charge < -0.3 is 9.73 Å². The van der Waals surface area contributed by atoms with Gasteiger partial charge in [-0.3, -0.25) is 9.10 Å². The molecule has 0 aliphatic carbocycles. The average Bonchev–Trinajstić information content (AvgIpc) is 2.94. The lowest BCUT2D eigenvalue weighted by Crippen LogP contribution is -2.40. The normalized spacial score (nSPS) is 11.2. The van der Waals surface area contributed by atoms with Crippen LogP contribution in [-0.4, -0.2) is 27.1 Å². The smallest absolute Gasteiger partial charge is 0.241 e. The summed E-state index contributed by atoms with van der Waals surface area (Å²) in [6.07, 6.45) is 2.59. The molecule has 7 heteroatoms. The van der Waals surface area contributed by atoms with Gasteiger partial charge in [-0.15, -0.1) is 0 Å². The average molecular weight is 322 g/mol. The Kier molecular flexibility index (Phi) is 4.87. The molecule has 2 rings (SSSR count). The molecule has 0 bridgehead atoms. The number of anilines is 1. The molecule has 118 valence electrons.